The molecule has 3 aromatic rings. The third-order valence-corrected chi connectivity index (χ3v) is 4.99. The van der Waals surface area contributed by atoms with Gasteiger partial charge >= 0.3 is 0 Å². The van der Waals surface area contributed by atoms with Gasteiger partial charge < -0.3 is 10.1 Å². The Morgan fingerprint density at radius 2 is 1.92 bits per heavy atom. The summed E-state index contributed by atoms with van der Waals surface area (Å²) in [6.45, 7) is 1.96. The lowest BCUT2D eigenvalue weighted by atomic mass is 10.1. The van der Waals surface area contributed by atoms with Gasteiger partial charge in [0, 0.05) is 16.8 Å². The van der Waals surface area contributed by atoms with Crippen molar-refractivity contribution in [3.63, 3.8) is 0 Å². The van der Waals surface area contributed by atoms with Crippen LogP contribution in [-0.2, 0) is 0 Å². The number of rotatable bonds is 3. The third kappa shape index (κ3) is 2.74. The van der Waals surface area contributed by atoms with Crippen LogP contribution in [0.5, 0.6) is 5.75 Å². The molecule has 0 fully saturated rings. The van der Waals surface area contributed by atoms with Crippen molar-refractivity contribution >= 4 is 28.6 Å². The van der Waals surface area contributed by atoms with Gasteiger partial charge in [0.15, 0.2) is 6.17 Å². The molecule has 0 unspecified atom stereocenters. The Balaban J connectivity index is 1.82. The predicted molar refractivity (Wildman–Crippen MR) is 99.5 cm³/mol. The fraction of sp³-hybridized carbons (Fsp3) is 0.158. The van der Waals surface area contributed by atoms with Crippen LogP contribution in [0.3, 0.4) is 0 Å². The average molecular weight is 351 g/mol. The number of carbonyl (C=O) groups is 1. The molecule has 2 aromatic carbocycles. The minimum absolute atomic E-state index is 0.0461. The van der Waals surface area contributed by atoms with Crippen molar-refractivity contribution in [1.82, 2.24) is 4.98 Å². The van der Waals surface area contributed by atoms with Crippen LogP contribution in [0, 0.1) is 6.92 Å². The van der Waals surface area contributed by atoms with Crippen LogP contribution < -0.4 is 15.0 Å². The summed E-state index contributed by atoms with van der Waals surface area (Å²) >= 11 is 1.57. The number of amides is 1. The summed E-state index contributed by atoms with van der Waals surface area (Å²) in [4.78, 5) is 19.5. The van der Waals surface area contributed by atoms with E-state index in [-0.39, 0.29) is 12.1 Å². The molecular weight excluding hydrogens is 334 g/mol. The second-order valence-electron chi connectivity index (χ2n) is 5.76. The molecule has 0 saturated carbocycles. The number of aryl methyl sites for hydroxylation is 1. The van der Waals surface area contributed by atoms with E-state index in [1.165, 1.54) is 0 Å². The van der Waals surface area contributed by atoms with Crippen molar-refractivity contribution < 1.29 is 9.53 Å². The van der Waals surface area contributed by atoms with Gasteiger partial charge in [-0.25, -0.2) is 4.98 Å². The summed E-state index contributed by atoms with van der Waals surface area (Å²) in [6.07, 6.45) is -0.347. The van der Waals surface area contributed by atoms with Gasteiger partial charge in [-0.15, -0.1) is 11.3 Å². The molecule has 0 radical (unpaired) electrons. The van der Waals surface area contributed by atoms with E-state index in [2.05, 4.69) is 10.3 Å². The number of methoxy groups -OCH3 is 1. The highest BCUT2D eigenvalue weighted by molar-refractivity contribution is 7.09. The van der Waals surface area contributed by atoms with Crippen molar-refractivity contribution in [3.8, 4) is 5.75 Å². The standard InChI is InChI=1S/C19H17N3O2S/c1-12-20-17(11-25-12)18-21-16-6-4-3-5-15(16)19(23)22(18)13-7-9-14(24-2)10-8-13/h3-11,18,21H,1-2H3/t18-/m0/s1. The maximum absolute atomic E-state index is 13.2. The molecule has 0 saturated heterocycles. The molecule has 1 N–H and O–H groups in total. The highest BCUT2D eigenvalue weighted by Gasteiger charge is 2.35. The number of hydrogen-bond donors (Lipinski definition) is 1. The second kappa shape index (κ2) is 6.22. The molecule has 1 aromatic heterocycles. The summed E-state index contributed by atoms with van der Waals surface area (Å²) in [5.41, 5.74) is 3.11. The van der Waals surface area contributed by atoms with Crippen LogP contribution >= 0.6 is 11.3 Å². The van der Waals surface area contributed by atoms with E-state index in [4.69, 9.17) is 4.74 Å². The van der Waals surface area contributed by atoms with E-state index < -0.39 is 0 Å². The SMILES string of the molecule is COc1ccc(N2C(=O)c3ccccc3N[C@@H]2c2csc(C)n2)cc1. The Morgan fingerprint density at radius 3 is 2.60 bits per heavy atom. The number of para-hydroxylation sites is 1. The molecule has 1 atom stereocenters. The topological polar surface area (TPSA) is 54.5 Å². The molecule has 6 heteroatoms. The van der Waals surface area contributed by atoms with Crippen molar-refractivity contribution in [2.24, 2.45) is 0 Å². The van der Waals surface area contributed by atoms with Gasteiger partial charge in [-0.05, 0) is 43.3 Å². The summed E-state index contributed by atoms with van der Waals surface area (Å²) < 4.78 is 5.22. The van der Waals surface area contributed by atoms with Crippen molar-refractivity contribution in [2.45, 2.75) is 13.1 Å². The van der Waals surface area contributed by atoms with Gasteiger partial charge in [-0.2, -0.15) is 0 Å². The number of nitrogens with zero attached hydrogens (tertiary/aromatic N) is 2. The van der Waals surface area contributed by atoms with Crippen LogP contribution in [0.25, 0.3) is 0 Å². The highest BCUT2D eigenvalue weighted by atomic mass is 32.1. The Morgan fingerprint density at radius 1 is 1.16 bits per heavy atom. The first kappa shape index (κ1) is 15.7. The highest BCUT2D eigenvalue weighted by Crippen LogP contribution is 2.37. The molecule has 0 aliphatic carbocycles. The Bertz CT molecular complexity index is 920. The lowest BCUT2D eigenvalue weighted by Gasteiger charge is -2.37. The number of aromatic nitrogens is 1. The predicted octanol–water partition coefficient (Wildman–Crippen LogP) is 4.23. The fourth-order valence-corrected chi connectivity index (χ4v) is 3.61. The lowest BCUT2D eigenvalue weighted by molar-refractivity contribution is 0.0974. The first-order valence-electron chi connectivity index (χ1n) is 7.92. The molecule has 1 amide bonds. The molecule has 2 heterocycles. The zero-order valence-corrected chi connectivity index (χ0v) is 14.7. The normalized spacial score (nSPS) is 16.3. The molecular formula is C19H17N3O2S. The minimum atomic E-state index is -0.347. The van der Waals surface area contributed by atoms with Gasteiger partial charge in [0.1, 0.15) is 5.75 Å². The van der Waals surface area contributed by atoms with Crippen LogP contribution in [0.15, 0.2) is 53.9 Å². The Hall–Kier alpha value is -2.86. The maximum atomic E-state index is 13.2. The van der Waals surface area contributed by atoms with Crippen LogP contribution in [0.1, 0.15) is 27.2 Å². The van der Waals surface area contributed by atoms with E-state index in [0.29, 0.717) is 5.56 Å². The lowest BCUT2D eigenvalue weighted by Crippen LogP contribution is -2.43. The van der Waals surface area contributed by atoms with Crippen molar-refractivity contribution in [1.29, 1.82) is 0 Å². The van der Waals surface area contributed by atoms with Gasteiger partial charge in [0.05, 0.1) is 23.4 Å². The molecule has 126 valence electrons. The van der Waals surface area contributed by atoms with Crippen LogP contribution in [0.2, 0.25) is 0 Å². The van der Waals surface area contributed by atoms with E-state index in [9.17, 15) is 4.79 Å². The third-order valence-electron chi connectivity index (χ3n) is 4.19. The molecule has 0 spiro atoms. The Labute approximate surface area is 149 Å². The molecule has 25 heavy (non-hydrogen) atoms. The quantitative estimate of drug-likeness (QED) is 0.767. The van der Waals surface area contributed by atoms with E-state index in [0.717, 1.165) is 27.8 Å². The van der Waals surface area contributed by atoms with Gasteiger partial charge in [-0.3, -0.25) is 9.69 Å². The monoisotopic (exact) mass is 351 g/mol. The summed E-state index contributed by atoms with van der Waals surface area (Å²) in [7, 11) is 1.62. The number of nitrogens with one attached hydrogen (secondary N) is 1. The number of ether oxygens (including phenoxy) is 1. The molecule has 5 nitrogen and oxygen atoms in total. The average Bonchev–Trinajstić information content (AvgIpc) is 3.08. The number of fused-ring (bicyclic) bond motifs is 1. The number of thiazole rings is 1. The zero-order valence-electron chi connectivity index (χ0n) is 13.9. The van der Waals surface area contributed by atoms with Crippen LogP contribution in [-0.4, -0.2) is 18.0 Å². The zero-order chi connectivity index (χ0) is 17.4. The number of carbonyl (C=O) groups excluding carboxylic acids is 1. The van der Waals surface area contributed by atoms with Gasteiger partial charge in [0.2, 0.25) is 0 Å². The van der Waals surface area contributed by atoms with E-state index >= 15 is 0 Å². The Kier molecular flexibility index (Phi) is 3.89. The number of benzene rings is 2. The summed E-state index contributed by atoms with van der Waals surface area (Å²) in [5.74, 6) is 0.706. The van der Waals surface area contributed by atoms with Gasteiger partial charge in [-0.1, -0.05) is 12.1 Å². The smallest absolute Gasteiger partial charge is 0.262 e. The maximum Gasteiger partial charge on any atom is 0.262 e. The molecule has 0 bridgehead atoms. The van der Waals surface area contributed by atoms with E-state index in [1.807, 2.05) is 60.8 Å². The minimum Gasteiger partial charge on any atom is -0.497 e. The fourth-order valence-electron chi connectivity index (χ4n) is 2.98. The number of anilines is 2. The first-order valence-corrected chi connectivity index (χ1v) is 8.80. The largest absolute Gasteiger partial charge is 0.497 e. The molecule has 4 rings (SSSR count). The van der Waals surface area contributed by atoms with Gasteiger partial charge in [0.25, 0.3) is 5.91 Å². The van der Waals surface area contributed by atoms with E-state index in [1.54, 1.807) is 23.3 Å². The first-order chi connectivity index (χ1) is 12.2. The van der Waals surface area contributed by atoms with Crippen LogP contribution in [0.4, 0.5) is 11.4 Å². The second-order valence-corrected chi connectivity index (χ2v) is 6.82. The van der Waals surface area contributed by atoms with Crippen molar-refractivity contribution in [2.75, 3.05) is 17.3 Å². The molecule has 1 aliphatic rings. The molecule has 1 aliphatic heterocycles. The number of hydrogen-bond acceptors (Lipinski definition) is 5. The van der Waals surface area contributed by atoms with Crippen molar-refractivity contribution in [3.05, 3.63) is 70.2 Å². The summed E-state index contributed by atoms with van der Waals surface area (Å²) in [6, 6.07) is 15.0. The summed E-state index contributed by atoms with van der Waals surface area (Å²) in [5, 5.41) is 6.41.